The molecule has 1 aliphatic carbocycles. The summed E-state index contributed by atoms with van der Waals surface area (Å²) >= 11 is 1.56. The summed E-state index contributed by atoms with van der Waals surface area (Å²) in [6, 6.07) is 7.38. The molecule has 0 saturated heterocycles. The van der Waals surface area contributed by atoms with Crippen molar-refractivity contribution in [3.63, 3.8) is 0 Å². The maximum Gasteiger partial charge on any atom is 0.258 e. The molecular weight excluding hydrogens is 310 g/mol. The zero-order valence-electron chi connectivity index (χ0n) is 13.0. The second-order valence-corrected chi connectivity index (χ2v) is 7.21. The number of fused-ring (bicyclic) bond motifs is 1. The lowest BCUT2D eigenvalue weighted by atomic mass is 10.2. The predicted octanol–water partition coefficient (Wildman–Crippen LogP) is 2.78. The molecule has 1 aliphatic rings. The van der Waals surface area contributed by atoms with E-state index in [-0.39, 0.29) is 10.8 Å². The topological polar surface area (TPSA) is 76.5 Å². The molecule has 0 amide bonds. The summed E-state index contributed by atoms with van der Waals surface area (Å²) in [6.07, 6.45) is 2.40. The van der Waals surface area contributed by atoms with Crippen LogP contribution >= 0.6 is 11.8 Å². The van der Waals surface area contributed by atoms with Gasteiger partial charge in [-0.15, -0.1) is 10.2 Å². The van der Waals surface area contributed by atoms with Crippen LogP contribution in [-0.4, -0.2) is 24.7 Å². The van der Waals surface area contributed by atoms with Crippen molar-refractivity contribution in [1.82, 2.24) is 24.7 Å². The SMILES string of the molecule is C[C@H](Sc1nnc(C2CC2)n1C)c1nc2ccccc2c(=O)[nH]1. The van der Waals surface area contributed by atoms with Gasteiger partial charge in [0.15, 0.2) is 5.16 Å². The van der Waals surface area contributed by atoms with E-state index in [1.165, 1.54) is 12.8 Å². The number of benzene rings is 1. The lowest BCUT2D eigenvalue weighted by Gasteiger charge is -2.10. The second-order valence-electron chi connectivity index (χ2n) is 5.90. The Hall–Kier alpha value is -2.15. The highest BCUT2D eigenvalue weighted by atomic mass is 32.2. The third-order valence-corrected chi connectivity index (χ3v) is 5.25. The van der Waals surface area contributed by atoms with Gasteiger partial charge in [-0.1, -0.05) is 23.9 Å². The van der Waals surface area contributed by atoms with Gasteiger partial charge in [0.2, 0.25) is 0 Å². The van der Waals surface area contributed by atoms with Crippen molar-refractivity contribution >= 4 is 22.7 Å². The minimum absolute atomic E-state index is 0.0118. The van der Waals surface area contributed by atoms with E-state index in [1.807, 2.05) is 32.2 Å². The van der Waals surface area contributed by atoms with Crippen LogP contribution in [0.1, 0.15) is 42.6 Å². The molecule has 23 heavy (non-hydrogen) atoms. The van der Waals surface area contributed by atoms with E-state index in [0.29, 0.717) is 17.1 Å². The van der Waals surface area contributed by atoms with Gasteiger partial charge in [0.1, 0.15) is 11.6 Å². The number of hydrogen-bond donors (Lipinski definition) is 1. The first kappa shape index (κ1) is 14.4. The molecule has 0 unspecified atom stereocenters. The smallest absolute Gasteiger partial charge is 0.258 e. The first-order valence-corrected chi connectivity index (χ1v) is 8.56. The standard InChI is InChI=1S/C16H17N5OS/c1-9(23-16-20-19-14(21(16)2)10-7-8-10)13-17-12-6-4-3-5-11(12)15(22)18-13/h3-6,9-10H,7-8H2,1-2H3,(H,17,18,22)/t9-/m0/s1. The van der Waals surface area contributed by atoms with Crippen molar-refractivity contribution in [2.75, 3.05) is 0 Å². The third kappa shape index (κ3) is 2.65. The number of hydrogen-bond acceptors (Lipinski definition) is 5. The first-order chi connectivity index (χ1) is 11.1. The van der Waals surface area contributed by atoms with E-state index in [4.69, 9.17) is 0 Å². The monoisotopic (exact) mass is 327 g/mol. The van der Waals surface area contributed by atoms with Crippen molar-refractivity contribution in [3.8, 4) is 0 Å². The molecule has 118 valence electrons. The van der Waals surface area contributed by atoms with E-state index in [2.05, 4.69) is 24.7 Å². The average Bonchev–Trinajstić information content (AvgIpc) is 3.33. The molecule has 1 N–H and O–H groups in total. The minimum atomic E-state index is -0.102. The molecule has 1 saturated carbocycles. The Labute approximate surface area is 137 Å². The summed E-state index contributed by atoms with van der Waals surface area (Å²) in [5.74, 6) is 2.28. The molecule has 0 radical (unpaired) electrons. The van der Waals surface area contributed by atoms with Crippen LogP contribution in [-0.2, 0) is 7.05 Å². The van der Waals surface area contributed by atoms with Crippen LogP contribution in [0.5, 0.6) is 0 Å². The Morgan fingerprint density at radius 1 is 1.30 bits per heavy atom. The van der Waals surface area contributed by atoms with Crippen molar-refractivity contribution in [2.45, 2.75) is 36.1 Å². The molecular formula is C16H17N5OS. The van der Waals surface area contributed by atoms with Crippen LogP contribution in [0.3, 0.4) is 0 Å². The number of para-hydroxylation sites is 1. The molecule has 2 heterocycles. The van der Waals surface area contributed by atoms with Crippen LogP contribution in [0.4, 0.5) is 0 Å². The van der Waals surface area contributed by atoms with Crippen molar-refractivity contribution < 1.29 is 0 Å². The molecule has 1 aromatic carbocycles. The fourth-order valence-corrected chi connectivity index (χ4v) is 3.52. The van der Waals surface area contributed by atoms with Crippen LogP contribution < -0.4 is 5.56 Å². The molecule has 2 aromatic heterocycles. The Morgan fingerprint density at radius 2 is 2.09 bits per heavy atom. The molecule has 7 heteroatoms. The zero-order chi connectivity index (χ0) is 16.0. The van der Waals surface area contributed by atoms with Gasteiger partial charge in [-0.05, 0) is 31.9 Å². The number of nitrogens with one attached hydrogen (secondary N) is 1. The lowest BCUT2D eigenvalue weighted by molar-refractivity contribution is 0.733. The van der Waals surface area contributed by atoms with Crippen LogP contribution in [0.25, 0.3) is 10.9 Å². The average molecular weight is 327 g/mol. The summed E-state index contributed by atoms with van der Waals surface area (Å²) in [5.41, 5.74) is 0.616. The van der Waals surface area contributed by atoms with E-state index < -0.39 is 0 Å². The second kappa shape index (κ2) is 5.49. The highest BCUT2D eigenvalue weighted by molar-refractivity contribution is 7.99. The molecule has 1 fully saturated rings. The Kier molecular flexibility index (Phi) is 3.45. The number of rotatable bonds is 4. The van der Waals surface area contributed by atoms with E-state index in [1.54, 1.807) is 17.8 Å². The van der Waals surface area contributed by atoms with Crippen molar-refractivity contribution in [2.24, 2.45) is 7.05 Å². The molecule has 0 bridgehead atoms. The summed E-state index contributed by atoms with van der Waals surface area (Å²) in [6.45, 7) is 2.02. The third-order valence-electron chi connectivity index (χ3n) is 4.11. The van der Waals surface area contributed by atoms with Crippen molar-refractivity contribution in [3.05, 3.63) is 46.3 Å². The van der Waals surface area contributed by atoms with Gasteiger partial charge in [-0.2, -0.15) is 0 Å². The Balaban J connectivity index is 1.64. The normalized spacial score (nSPS) is 15.9. The Morgan fingerprint density at radius 3 is 2.87 bits per heavy atom. The van der Waals surface area contributed by atoms with Gasteiger partial charge in [0, 0.05) is 13.0 Å². The number of thioether (sulfide) groups is 1. The number of aromatic nitrogens is 5. The summed E-state index contributed by atoms with van der Waals surface area (Å²) < 4.78 is 2.05. The molecule has 3 aromatic rings. The summed E-state index contributed by atoms with van der Waals surface area (Å²) in [5, 5.41) is 10.0. The van der Waals surface area contributed by atoms with Gasteiger partial charge >= 0.3 is 0 Å². The predicted molar refractivity (Wildman–Crippen MR) is 89.6 cm³/mol. The molecule has 4 rings (SSSR count). The number of nitrogens with zero attached hydrogens (tertiary/aromatic N) is 4. The van der Waals surface area contributed by atoms with Gasteiger partial charge in [-0.3, -0.25) is 4.79 Å². The van der Waals surface area contributed by atoms with Gasteiger partial charge in [0.25, 0.3) is 5.56 Å². The quantitative estimate of drug-likeness (QED) is 0.746. The Bertz CT molecular complexity index is 928. The minimum Gasteiger partial charge on any atom is -0.309 e. The van der Waals surface area contributed by atoms with E-state index in [0.717, 1.165) is 16.5 Å². The highest BCUT2D eigenvalue weighted by Gasteiger charge is 2.29. The zero-order valence-corrected chi connectivity index (χ0v) is 13.8. The summed E-state index contributed by atoms with van der Waals surface area (Å²) in [4.78, 5) is 19.7. The van der Waals surface area contributed by atoms with Crippen LogP contribution in [0.15, 0.2) is 34.2 Å². The summed E-state index contributed by atoms with van der Waals surface area (Å²) in [7, 11) is 2.00. The first-order valence-electron chi connectivity index (χ1n) is 7.68. The van der Waals surface area contributed by atoms with Crippen molar-refractivity contribution in [1.29, 1.82) is 0 Å². The van der Waals surface area contributed by atoms with E-state index in [9.17, 15) is 4.79 Å². The number of H-pyrrole nitrogens is 1. The van der Waals surface area contributed by atoms with Gasteiger partial charge in [0.05, 0.1) is 16.2 Å². The van der Waals surface area contributed by atoms with Gasteiger partial charge < -0.3 is 9.55 Å². The largest absolute Gasteiger partial charge is 0.309 e. The molecule has 0 aliphatic heterocycles. The lowest BCUT2D eigenvalue weighted by Crippen LogP contribution is -2.13. The van der Waals surface area contributed by atoms with Crippen LogP contribution in [0, 0.1) is 0 Å². The van der Waals surface area contributed by atoms with E-state index >= 15 is 0 Å². The molecule has 0 spiro atoms. The highest BCUT2D eigenvalue weighted by Crippen LogP contribution is 2.40. The fourth-order valence-electron chi connectivity index (χ4n) is 2.64. The maximum absolute atomic E-state index is 12.2. The molecule has 1 atom stereocenters. The van der Waals surface area contributed by atoms with Crippen LogP contribution in [0.2, 0.25) is 0 Å². The molecule has 6 nitrogen and oxygen atoms in total. The fraction of sp³-hybridized carbons (Fsp3) is 0.375. The maximum atomic E-state index is 12.2. The number of aromatic amines is 1. The van der Waals surface area contributed by atoms with Gasteiger partial charge in [-0.25, -0.2) is 4.98 Å².